The number of aromatic nitrogens is 1. The van der Waals surface area contributed by atoms with Crippen LogP contribution in [0, 0.1) is 12.3 Å². The number of aromatic carboxylic acids is 1. The van der Waals surface area contributed by atoms with E-state index in [1.165, 1.54) is 18.2 Å². The number of benzene rings is 1. The Balaban J connectivity index is 2.89. The number of aromatic hydroxyl groups is 1. The van der Waals surface area contributed by atoms with E-state index < -0.39 is 17.3 Å². The highest BCUT2D eigenvalue weighted by Gasteiger charge is 2.13. The number of rotatable bonds is 1. The van der Waals surface area contributed by atoms with E-state index in [-0.39, 0.29) is 16.6 Å². The highest BCUT2D eigenvalue weighted by Crippen LogP contribution is 2.26. The van der Waals surface area contributed by atoms with Crippen molar-refractivity contribution in [1.29, 1.82) is 0 Å². The summed E-state index contributed by atoms with van der Waals surface area (Å²) in [6.07, 6.45) is 5.13. The third-order valence-corrected chi connectivity index (χ3v) is 2.38. The van der Waals surface area contributed by atoms with E-state index in [0.29, 0.717) is 5.39 Å². The minimum absolute atomic E-state index is 0.0638. The molecule has 0 aliphatic rings. The smallest absolute Gasteiger partial charge is 0.339 e. The van der Waals surface area contributed by atoms with Gasteiger partial charge in [-0.25, -0.2) is 4.79 Å². The molecule has 3 N–H and O–H groups in total. The Kier molecular flexibility index (Phi) is 2.33. The maximum absolute atomic E-state index is 11.4. The van der Waals surface area contributed by atoms with Gasteiger partial charge in [-0.2, -0.15) is 0 Å². The Morgan fingerprint density at radius 3 is 2.71 bits per heavy atom. The second-order valence-corrected chi connectivity index (χ2v) is 3.39. The van der Waals surface area contributed by atoms with Gasteiger partial charge in [0.1, 0.15) is 5.56 Å². The molecule has 0 unspecified atom stereocenters. The Bertz CT molecular complexity index is 722. The number of pyridine rings is 1. The standard InChI is InChI=1S/C12H7NO4/c1-2-6-5-7-3-4-8(12(16)17)10(14)9(7)13-11(6)15/h1,3-5,14H,(H,13,15)(H,16,17). The van der Waals surface area contributed by atoms with E-state index in [1.54, 1.807) is 0 Å². The molecule has 0 atom stereocenters. The molecule has 2 rings (SSSR count). The van der Waals surface area contributed by atoms with E-state index in [0.717, 1.165) is 0 Å². The van der Waals surface area contributed by atoms with Crippen molar-refractivity contribution >= 4 is 16.9 Å². The number of H-pyrrole nitrogens is 1. The molecule has 0 spiro atoms. The number of aromatic amines is 1. The van der Waals surface area contributed by atoms with E-state index >= 15 is 0 Å². The van der Waals surface area contributed by atoms with Crippen LogP contribution in [-0.4, -0.2) is 21.2 Å². The minimum Gasteiger partial charge on any atom is -0.505 e. The second-order valence-electron chi connectivity index (χ2n) is 3.39. The molecular weight excluding hydrogens is 222 g/mol. The molecular formula is C12H7NO4. The van der Waals surface area contributed by atoms with Crippen molar-refractivity contribution in [2.45, 2.75) is 0 Å². The molecule has 5 nitrogen and oxygen atoms in total. The average molecular weight is 229 g/mol. The lowest BCUT2D eigenvalue weighted by molar-refractivity contribution is 0.0694. The quantitative estimate of drug-likeness (QED) is 0.634. The van der Waals surface area contributed by atoms with Gasteiger partial charge in [0.05, 0.1) is 11.1 Å². The van der Waals surface area contributed by atoms with Gasteiger partial charge >= 0.3 is 5.97 Å². The number of carbonyl (C=O) groups is 1. The summed E-state index contributed by atoms with van der Waals surface area (Å²) in [5.74, 6) is 0.454. The fraction of sp³-hybridized carbons (Fsp3) is 0. The first-order valence-corrected chi connectivity index (χ1v) is 4.63. The molecule has 2 aromatic rings. The Morgan fingerprint density at radius 1 is 1.41 bits per heavy atom. The fourth-order valence-electron chi connectivity index (χ4n) is 1.54. The predicted octanol–water partition coefficient (Wildman–Crippen LogP) is 0.913. The Morgan fingerprint density at radius 2 is 2.12 bits per heavy atom. The second kappa shape index (κ2) is 3.68. The first kappa shape index (κ1) is 10.8. The zero-order valence-corrected chi connectivity index (χ0v) is 8.52. The van der Waals surface area contributed by atoms with Crippen molar-refractivity contribution in [1.82, 2.24) is 4.98 Å². The highest BCUT2D eigenvalue weighted by molar-refractivity contribution is 5.98. The number of nitrogens with one attached hydrogen (secondary N) is 1. The van der Waals surface area contributed by atoms with Crippen LogP contribution >= 0.6 is 0 Å². The summed E-state index contributed by atoms with van der Waals surface area (Å²) in [6.45, 7) is 0. The van der Waals surface area contributed by atoms with E-state index in [9.17, 15) is 14.7 Å². The van der Waals surface area contributed by atoms with Crippen LogP contribution in [-0.2, 0) is 0 Å². The van der Waals surface area contributed by atoms with Crippen LogP contribution in [0.15, 0.2) is 23.0 Å². The Hall–Kier alpha value is -2.74. The third kappa shape index (κ3) is 1.62. The van der Waals surface area contributed by atoms with Gasteiger partial charge in [0, 0.05) is 5.39 Å². The zero-order valence-electron chi connectivity index (χ0n) is 8.52. The molecule has 1 aromatic heterocycles. The number of phenols is 1. The average Bonchev–Trinajstić information content (AvgIpc) is 2.29. The number of terminal acetylenes is 1. The third-order valence-electron chi connectivity index (χ3n) is 2.38. The largest absolute Gasteiger partial charge is 0.505 e. The summed E-state index contributed by atoms with van der Waals surface area (Å²) in [7, 11) is 0. The number of fused-ring (bicyclic) bond motifs is 1. The van der Waals surface area contributed by atoms with Crippen LogP contribution in [0.4, 0.5) is 0 Å². The molecule has 0 saturated carbocycles. The monoisotopic (exact) mass is 229 g/mol. The highest BCUT2D eigenvalue weighted by atomic mass is 16.4. The maximum Gasteiger partial charge on any atom is 0.339 e. The molecule has 0 radical (unpaired) electrons. The number of hydrogen-bond donors (Lipinski definition) is 3. The molecule has 0 amide bonds. The lowest BCUT2D eigenvalue weighted by Gasteiger charge is -2.04. The fourth-order valence-corrected chi connectivity index (χ4v) is 1.54. The summed E-state index contributed by atoms with van der Waals surface area (Å²) in [5.41, 5.74) is -0.631. The van der Waals surface area contributed by atoms with Crippen molar-refractivity contribution in [2.75, 3.05) is 0 Å². The summed E-state index contributed by atoms with van der Waals surface area (Å²) in [5, 5.41) is 19.0. The molecule has 0 saturated heterocycles. The van der Waals surface area contributed by atoms with Crippen molar-refractivity contribution < 1.29 is 15.0 Å². The van der Waals surface area contributed by atoms with Crippen LogP contribution in [0.25, 0.3) is 10.9 Å². The van der Waals surface area contributed by atoms with Crippen LogP contribution in [0.3, 0.4) is 0 Å². The molecule has 0 aliphatic carbocycles. The molecule has 17 heavy (non-hydrogen) atoms. The van der Waals surface area contributed by atoms with Crippen molar-refractivity contribution in [2.24, 2.45) is 0 Å². The van der Waals surface area contributed by atoms with Gasteiger partial charge < -0.3 is 15.2 Å². The van der Waals surface area contributed by atoms with E-state index in [2.05, 4.69) is 10.9 Å². The summed E-state index contributed by atoms with van der Waals surface area (Å²) in [6, 6.07) is 4.13. The number of hydrogen-bond acceptors (Lipinski definition) is 3. The van der Waals surface area contributed by atoms with Crippen LogP contribution < -0.4 is 5.56 Å². The molecule has 1 heterocycles. The van der Waals surface area contributed by atoms with Gasteiger partial charge in [-0.05, 0) is 12.1 Å². The lowest BCUT2D eigenvalue weighted by Crippen LogP contribution is -2.10. The van der Waals surface area contributed by atoms with E-state index in [1.807, 2.05) is 0 Å². The van der Waals surface area contributed by atoms with Gasteiger partial charge in [0.25, 0.3) is 5.56 Å². The summed E-state index contributed by atoms with van der Waals surface area (Å²) in [4.78, 5) is 24.6. The number of carboxylic acids is 1. The summed E-state index contributed by atoms with van der Waals surface area (Å²) >= 11 is 0. The predicted molar refractivity (Wildman–Crippen MR) is 61.1 cm³/mol. The molecule has 5 heteroatoms. The van der Waals surface area contributed by atoms with Crippen molar-refractivity contribution in [3.05, 3.63) is 39.7 Å². The first-order valence-electron chi connectivity index (χ1n) is 4.63. The zero-order chi connectivity index (χ0) is 12.6. The molecule has 0 fully saturated rings. The van der Waals surface area contributed by atoms with E-state index in [4.69, 9.17) is 11.5 Å². The van der Waals surface area contributed by atoms with Gasteiger partial charge in [0.15, 0.2) is 5.75 Å². The summed E-state index contributed by atoms with van der Waals surface area (Å²) < 4.78 is 0. The molecule has 84 valence electrons. The van der Waals surface area contributed by atoms with Crippen LogP contribution in [0.1, 0.15) is 15.9 Å². The van der Waals surface area contributed by atoms with Crippen LogP contribution in [0.5, 0.6) is 5.75 Å². The number of carboxylic acid groups (broad SMARTS) is 1. The van der Waals surface area contributed by atoms with Gasteiger partial charge in [0.2, 0.25) is 0 Å². The van der Waals surface area contributed by atoms with Crippen LogP contribution in [0.2, 0.25) is 0 Å². The SMILES string of the molecule is C#Cc1cc2ccc(C(=O)O)c(O)c2[nH]c1=O. The van der Waals surface area contributed by atoms with Gasteiger partial charge in [-0.3, -0.25) is 4.79 Å². The minimum atomic E-state index is -1.27. The van der Waals surface area contributed by atoms with Gasteiger partial charge in [-0.15, -0.1) is 6.42 Å². The topological polar surface area (TPSA) is 90.4 Å². The molecule has 1 aromatic carbocycles. The molecule has 0 bridgehead atoms. The lowest BCUT2D eigenvalue weighted by atomic mass is 10.1. The van der Waals surface area contributed by atoms with Gasteiger partial charge in [-0.1, -0.05) is 12.0 Å². The normalized spacial score (nSPS) is 10.1. The van der Waals surface area contributed by atoms with Crippen molar-refractivity contribution in [3.63, 3.8) is 0 Å². The molecule has 0 aliphatic heterocycles. The Labute approximate surface area is 95.3 Å². The van der Waals surface area contributed by atoms with Crippen molar-refractivity contribution in [3.8, 4) is 18.1 Å². The maximum atomic E-state index is 11.4. The first-order chi connectivity index (χ1) is 8.04.